The van der Waals surface area contributed by atoms with Crippen LogP contribution in [0.25, 0.3) is 0 Å². The van der Waals surface area contributed by atoms with E-state index in [1.54, 1.807) is 24.7 Å². The molecule has 0 aliphatic heterocycles. The summed E-state index contributed by atoms with van der Waals surface area (Å²) in [5, 5.41) is 6.96. The Kier molecular flexibility index (Phi) is 4.70. The molecular weight excluding hydrogens is 238 g/mol. The Hall–Kier alpha value is -0.880. The molecule has 1 rings (SSSR count). The van der Waals surface area contributed by atoms with E-state index in [1.165, 1.54) is 0 Å². The SMILES string of the molecule is CC(NCCS(=O)(=O)C(C)C)c1cnn(C)c1. The highest BCUT2D eigenvalue weighted by Gasteiger charge is 2.16. The van der Waals surface area contributed by atoms with Gasteiger partial charge in [-0.15, -0.1) is 0 Å². The van der Waals surface area contributed by atoms with Gasteiger partial charge in [-0.3, -0.25) is 4.68 Å². The van der Waals surface area contributed by atoms with Gasteiger partial charge in [0.1, 0.15) is 0 Å². The molecule has 5 nitrogen and oxygen atoms in total. The summed E-state index contributed by atoms with van der Waals surface area (Å²) in [6.07, 6.45) is 3.71. The van der Waals surface area contributed by atoms with Crippen molar-refractivity contribution in [3.63, 3.8) is 0 Å². The van der Waals surface area contributed by atoms with Gasteiger partial charge in [0.25, 0.3) is 0 Å². The second-order valence-electron chi connectivity index (χ2n) is 4.54. The molecule has 0 amide bonds. The minimum Gasteiger partial charge on any atom is -0.309 e. The summed E-state index contributed by atoms with van der Waals surface area (Å²) >= 11 is 0. The third-order valence-corrected chi connectivity index (χ3v) is 4.99. The molecule has 1 unspecified atom stereocenters. The summed E-state index contributed by atoms with van der Waals surface area (Å²) < 4.78 is 24.9. The third-order valence-electron chi connectivity index (χ3n) is 2.78. The zero-order chi connectivity index (χ0) is 13.1. The summed E-state index contributed by atoms with van der Waals surface area (Å²) in [7, 11) is -1.09. The second-order valence-corrected chi connectivity index (χ2v) is 7.22. The van der Waals surface area contributed by atoms with Crippen LogP contribution in [0.4, 0.5) is 0 Å². The molecule has 6 heteroatoms. The summed E-state index contributed by atoms with van der Waals surface area (Å²) in [5.41, 5.74) is 1.06. The molecule has 98 valence electrons. The van der Waals surface area contributed by atoms with Crippen molar-refractivity contribution in [2.45, 2.75) is 32.1 Å². The minimum atomic E-state index is -2.95. The van der Waals surface area contributed by atoms with E-state index in [9.17, 15) is 8.42 Å². The van der Waals surface area contributed by atoms with Crippen molar-refractivity contribution in [3.8, 4) is 0 Å². The van der Waals surface area contributed by atoms with E-state index in [0.717, 1.165) is 5.56 Å². The van der Waals surface area contributed by atoms with E-state index in [1.807, 2.05) is 20.2 Å². The molecule has 0 spiro atoms. The van der Waals surface area contributed by atoms with E-state index in [4.69, 9.17) is 0 Å². The number of sulfone groups is 1. The Bertz CT molecular complexity index is 451. The van der Waals surface area contributed by atoms with Gasteiger partial charge < -0.3 is 5.32 Å². The van der Waals surface area contributed by atoms with Gasteiger partial charge in [-0.05, 0) is 20.8 Å². The molecule has 1 aromatic heterocycles. The van der Waals surface area contributed by atoms with Gasteiger partial charge in [0.05, 0.1) is 17.2 Å². The normalized spacial score (nSPS) is 14.2. The Labute approximate surface area is 103 Å². The fourth-order valence-electron chi connectivity index (χ4n) is 1.43. The van der Waals surface area contributed by atoms with Crippen LogP contribution in [0.5, 0.6) is 0 Å². The van der Waals surface area contributed by atoms with Crippen LogP contribution in [0.2, 0.25) is 0 Å². The monoisotopic (exact) mass is 259 g/mol. The quantitative estimate of drug-likeness (QED) is 0.824. The average molecular weight is 259 g/mol. The highest BCUT2D eigenvalue weighted by atomic mass is 32.2. The Balaban J connectivity index is 2.42. The van der Waals surface area contributed by atoms with Crippen LogP contribution < -0.4 is 5.32 Å². The van der Waals surface area contributed by atoms with E-state index >= 15 is 0 Å². The number of nitrogens with zero attached hydrogens (tertiary/aromatic N) is 2. The zero-order valence-corrected chi connectivity index (χ0v) is 11.7. The first-order valence-electron chi connectivity index (χ1n) is 5.76. The maximum atomic E-state index is 11.6. The fourth-order valence-corrected chi connectivity index (χ4v) is 2.31. The first-order valence-corrected chi connectivity index (χ1v) is 7.48. The van der Waals surface area contributed by atoms with Crippen LogP contribution in [0, 0.1) is 0 Å². The number of hydrogen-bond acceptors (Lipinski definition) is 4. The van der Waals surface area contributed by atoms with Crippen molar-refractivity contribution < 1.29 is 8.42 Å². The maximum Gasteiger partial charge on any atom is 0.153 e. The van der Waals surface area contributed by atoms with E-state index < -0.39 is 9.84 Å². The summed E-state index contributed by atoms with van der Waals surface area (Å²) in [6.45, 7) is 5.88. The summed E-state index contributed by atoms with van der Waals surface area (Å²) in [4.78, 5) is 0. The molecule has 0 bridgehead atoms. The molecule has 0 saturated heterocycles. The van der Waals surface area contributed by atoms with Crippen molar-refractivity contribution in [2.24, 2.45) is 7.05 Å². The van der Waals surface area contributed by atoms with Crippen molar-refractivity contribution in [2.75, 3.05) is 12.3 Å². The first kappa shape index (κ1) is 14.2. The molecule has 1 atom stereocenters. The van der Waals surface area contributed by atoms with Crippen LogP contribution >= 0.6 is 0 Å². The van der Waals surface area contributed by atoms with Gasteiger partial charge in [0.15, 0.2) is 9.84 Å². The molecule has 0 aromatic carbocycles. The van der Waals surface area contributed by atoms with Crippen LogP contribution in [-0.4, -0.2) is 35.7 Å². The molecule has 0 aliphatic rings. The van der Waals surface area contributed by atoms with Gasteiger partial charge in [0, 0.05) is 31.4 Å². The smallest absolute Gasteiger partial charge is 0.153 e. The molecule has 1 N–H and O–H groups in total. The lowest BCUT2D eigenvalue weighted by atomic mass is 10.2. The standard InChI is InChI=1S/C11H21N3O2S/c1-9(2)17(15,16)6-5-12-10(3)11-7-13-14(4)8-11/h7-10,12H,5-6H2,1-4H3. The van der Waals surface area contributed by atoms with Crippen molar-refractivity contribution >= 4 is 9.84 Å². The van der Waals surface area contributed by atoms with Crippen molar-refractivity contribution in [1.29, 1.82) is 0 Å². The van der Waals surface area contributed by atoms with Crippen LogP contribution in [-0.2, 0) is 16.9 Å². The van der Waals surface area contributed by atoms with Gasteiger partial charge in [-0.2, -0.15) is 5.10 Å². The Morgan fingerprint density at radius 1 is 1.41 bits per heavy atom. The molecule has 1 heterocycles. The topological polar surface area (TPSA) is 64.0 Å². The summed E-state index contributed by atoms with van der Waals surface area (Å²) in [5.74, 6) is 0.176. The average Bonchev–Trinajstić information content (AvgIpc) is 2.64. The van der Waals surface area contributed by atoms with Gasteiger partial charge in [0.2, 0.25) is 0 Å². The van der Waals surface area contributed by atoms with Gasteiger partial charge in [-0.25, -0.2) is 8.42 Å². The highest BCUT2D eigenvalue weighted by molar-refractivity contribution is 7.92. The largest absolute Gasteiger partial charge is 0.309 e. The van der Waals surface area contributed by atoms with Crippen LogP contribution in [0.3, 0.4) is 0 Å². The number of rotatable bonds is 6. The lowest BCUT2D eigenvalue weighted by Crippen LogP contribution is -2.28. The van der Waals surface area contributed by atoms with E-state index in [0.29, 0.717) is 6.54 Å². The molecule has 0 saturated carbocycles. The van der Waals surface area contributed by atoms with Crippen LogP contribution in [0.15, 0.2) is 12.4 Å². The number of hydrogen-bond donors (Lipinski definition) is 1. The predicted octanol–water partition coefficient (Wildman–Crippen LogP) is 0.894. The molecule has 0 aliphatic carbocycles. The fraction of sp³-hybridized carbons (Fsp3) is 0.727. The van der Waals surface area contributed by atoms with Crippen molar-refractivity contribution in [1.82, 2.24) is 15.1 Å². The molecule has 1 aromatic rings. The molecule has 0 radical (unpaired) electrons. The molecule has 17 heavy (non-hydrogen) atoms. The Morgan fingerprint density at radius 3 is 2.53 bits per heavy atom. The first-order chi connectivity index (χ1) is 7.83. The number of aromatic nitrogens is 2. The molecule has 0 fully saturated rings. The minimum absolute atomic E-state index is 0.117. The number of nitrogens with one attached hydrogen (secondary N) is 1. The van der Waals surface area contributed by atoms with Crippen LogP contribution in [0.1, 0.15) is 32.4 Å². The number of aryl methyl sites for hydroxylation is 1. The third kappa shape index (κ3) is 4.12. The van der Waals surface area contributed by atoms with Gasteiger partial charge >= 0.3 is 0 Å². The van der Waals surface area contributed by atoms with Crippen molar-refractivity contribution in [3.05, 3.63) is 18.0 Å². The molecular formula is C11H21N3O2S. The zero-order valence-electron chi connectivity index (χ0n) is 10.8. The maximum absolute atomic E-state index is 11.6. The highest BCUT2D eigenvalue weighted by Crippen LogP contribution is 2.10. The summed E-state index contributed by atoms with van der Waals surface area (Å²) in [6, 6.07) is 0.117. The van der Waals surface area contributed by atoms with E-state index in [2.05, 4.69) is 10.4 Å². The van der Waals surface area contributed by atoms with E-state index in [-0.39, 0.29) is 17.0 Å². The second kappa shape index (κ2) is 5.64. The lowest BCUT2D eigenvalue weighted by Gasteiger charge is -2.13. The van der Waals surface area contributed by atoms with Gasteiger partial charge in [-0.1, -0.05) is 0 Å². The predicted molar refractivity (Wildman–Crippen MR) is 68.5 cm³/mol. The lowest BCUT2D eigenvalue weighted by molar-refractivity contribution is 0.566. The Morgan fingerprint density at radius 2 is 2.06 bits per heavy atom.